The molecule has 0 atom stereocenters. The van der Waals surface area contributed by atoms with Crippen molar-refractivity contribution in [3.8, 4) is 0 Å². The Labute approximate surface area is 115 Å². The van der Waals surface area contributed by atoms with Gasteiger partial charge in [0, 0.05) is 5.56 Å². The van der Waals surface area contributed by atoms with E-state index in [4.69, 9.17) is 0 Å². The summed E-state index contributed by atoms with van der Waals surface area (Å²) in [6, 6.07) is 15.4. The summed E-state index contributed by atoms with van der Waals surface area (Å²) in [5, 5.41) is 2.64. The molecule has 3 nitrogen and oxygen atoms in total. The summed E-state index contributed by atoms with van der Waals surface area (Å²) in [6.07, 6.45) is 1.70. The van der Waals surface area contributed by atoms with Gasteiger partial charge in [0.2, 0.25) is 0 Å². The molecule has 0 saturated heterocycles. The van der Waals surface area contributed by atoms with Crippen molar-refractivity contribution < 1.29 is 9.18 Å². The number of halogens is 1. The highest BCUT2D eigenvalue weighted by Gasteiger charge is 2.21. The largest absolute Gasteiger partial charge is 0.305 e. The molecule has 20 heavy (non-hydrogen) atoms. The number of hydrogen-bond acceptors (Lipinski definition) is 2. The van der Waals surface area contributed by atoms with Crippen LogP contribution in [0, 0.1) is 5.82 Å². The van der Waals surface area contributed by atoms with E-state index < -0.39 is 0 Å². The highest BCUT2D eigenvalue weighted by Crippen LogP contribution is 2.15. The molecule has 0 radical (unpaired) electrons. The van der Waals surface area contributed by atoms with Gasteiger partial charge in [-0.05, 0) is 23.8 Å². The van der Waals surface area contributed by atoms with E-state index in [0.717, 1.165) is 5.56 Å². The first-order valence-corrected chi connectivity index (χ1v) is 6.15. The topological polar surface area (TPSA) is 41.5 Å². The normalized spacial score (nSPS) is 16.1. The van der Waals surface area contributed by atoms with E-state index in [1.807, 2.05) is 30.3 Å². The van der Waals surface area contributed by atoms with Crippen LogP contribution in [0.3, 0.4) is 0 Å². The molecule has 1 amide bonds. The molecule has 2 aromatic carbocycles. The number of amides is 1. The lowest BCUT2D eigenvalue weighted by molar-refractivity contribution is -0.115. The van der Waals surface area contributed by atoms with E-state index in [1.54, 1.807) is 18.2 Å². The van der Waals surface area contributed by atoms with E-state index in [9.17, 15) is 9.18 Å². The maximum Gasteiger partial charge on any atom is 0.275 e. The fourth-order valence-electron chi connectivity index (χ4n) is 1.95. The number of benzene rings is 2. The van der Waals surface area contributed by atoms with Crippen molar-refractivity contribution in [2.24, 2.45) is 4.99 Å². The third-order valence-electron chi connectivity index (χ3n) is 2.90. The third kappa shape index (κ3) is 2.49. The molecular weight excluding hydrogens is 255 g/mol. The van der Waals surface area contributed by atoms with Gasteiger partial charge in [-0.15, -0.1) is 0 Å². The van der Waals surface area contributed by atoms with Crippen molar-refractivity contribution in [3.63, 3.8) is 0 Å². The fourth-order valence-corrected chi connectivity index (χ4v) is 1.95. The van der Waals surface area contributed by atoms with Gasteiger partial charge >= 0.3 is 0 Å². The zero-order chi connectivity index (χ0) is 13.9. The van der Waals surface area contributed by atoms with Crippen molar-refractivity contribution in [2.75, 3.05) is 0 Å². The lowest BCUT2D eigenvalue weighted by Gasteiger charge is -1.99. The number of aliphatic imine (C=N–C) groups is 1. The van der Waals surface area contributed by atoms with Crippen molar-refractivity contribution in [2.45, 2.75) is 0 Å². The first-order chi connectivity index (χ1) is 9.72. The van der Waals surface area contributed by atoms with E-state index in [-0.39, 0.29) is 11.7 Å². The second-order valence-corrected chi connectivity index (χ2v) is 4.37. The van der Waals surface area contributed by atoms with Crippen LogP contribution < -0.4 is 5.32 Å². The van der Waals surface area contributed by atoms with Crippen LogP contribution in [0.15, 0.2) is 65.3 Å². The molecule has 0 bridgehead atoms. The lowest BCUT2D eigenvalue weighted by Crippen LogP contribution is -2.24. The SMILES string of the molecule is O=C1NC(c2cccc(F)c2)=NC1=Cc1ccccc1. The van der Waals surface area contributed by atoms with Gasteiger partial charge in [-0.25, -0.2) is 9.38 Å². The Morgan fingerprint density at radius 2 is 1.85 bits per heavy atom. The second kappa shape index (κ2) is 5.09. The van der Waals surface area contributed by atoms with Gasteiger partial charge in [0.05, 0.1) is 0 Å². The zero-order valence-electron chi connectivity index (χ0n) is 10.5. The van der Waals surface area contributed by atoms with Gasteiger partial charge in [-0.2, -0.15) is 0 Å². The lowest BCUT2D eigenvalue weighted by atomic mass is 10.2. The molecule has 1 aliphatic rings. The summed E-state index contributed by atoms with van der Waals surface area (Å²) in [6.45, 7) is 0. The smallest absolute Gasteiger partial charge is 0.275 e. The fraction of sp³-hybridized carbons (Fsp3) is 0. The maximum atomic E-state index is 13.2. The van der Waals surface area contributed by atoms with Gasteiger partial charge < -0.3 is 5.32 Å². The minimum atomic E-state index is -0.361. The average Bonchev–Trinajstić information content (AvgIpc) is 2.81. The van der Waals surface area contributed by atoms with Crippen LogP contribution in [0.25, 0.3) is 6.08 Å². The number of nitrogens with zero attached hydrogens (tertiary/aromatic N) is 1. The summed E-state index contributed by atoms with van der Waals surface area (Å²) >= 11 is 0. The highest BCUT2D eigenvalue weighted by atomic mass is 19.1. The zero-order valence-corrected chi connectivity index (χ0v) is 10.5. The molecule has 4 heteroatoms. The van der Waals surface area contributed by atoms with Crippen molar-refractivity contribution in [3.05, 3.63) is 77.2 Å². The van der Waals surface area contributed by atoms with Crippen LogP contribution in [-0.2, 0) is 4.79 Å². The Bertz CT molecular complexity index is 720. The van der Waals surface area contributed by atoms with Gasteiger partial charge in [0.15, 0.2) is 0 Å². The molecule has 1 N–H and O–H groups in total. The first-order valence-electron chi connectivity index (χ1n) is 6.15. The number of nitrogens with one attached hydrogen (secondary N) is 1. The predicted octanol–water partition coefficient (Wildman–Crippen LogP) is 2.74. The molecule has 0 unspecified atom stereocenters. The summed E-state index contributed by atoms with van der Waals surface area (Å²) in [4.78, 5) is 16.1. The van der Waals surface area contributed by atoms with Crippen molar-refractivity contribution in [1.29, 1.82) is 0 Å². The van der Waals surface area contributed by atoms with Crippen molar-refractivity contribution >= 4 is 17.8 Å². The van der Waals surface area contributed by atoms with Crippen LogP contribution in [0.4, 0.5) is 4.39 Å². The molecule has 0 aliphatic carbocycles. The van der Waals surface area contributed by atoms with Gasteiger partial charge in [0.1, 0.15) is 17.3 Å². The summed E-state index contributed by atoms with van der Waals surface area (Å²) in [5.74, 6) is -0.273. The third-order valence-corrected chi connectivity index (χ3v) is 2.90. The Morgan fingerprint density at radius 1 is 1.05 bits per heavy atom. The Kier molecular flexibility index (Phi) is 3.13. The molecule has 0 fully saturated rings. The van der Waals surface area contributed by atoms with E-state index in [0.29, 0.717) is 17.1 Å². The Balaban J connectivity index is 1.95. The van der Waals surface area contributed by atoms with E-state index in [2.05, 4.69) is 10.3 Å². The Hall–Kier alpha value is -2.75. The van der Waals surface area contributed by atoms with Gasteiger partial charge in [-0.1, -0.05) is 42.5 Å². The number of carbonyl (C=O) groups excluding carboxylic acids is 1. The van der Waals surface area contributed by atoms with Crippen LogP contribution in [0.1, 0.15) is 11.1 Å². The molecule has 0 spiro atoms. The van der Waals surface area contributed by atoms with E-state index in [1.165, 1.54) is 12.1 Å². The van der Waals surface area contributed by atoms with Crippen LogP contribution in [0.5, 0.6) is 0 Å². The standard InChI is InChI=1S/C16H11FN2O/c17-13-8-4-7-12(10-13)15-18-14(16(20)19-15)9-11-5-2-1-3-6-11/h1-10H,(H,18,19,20). The van der Waals surface area contributed by atoms with Crippen molar-refractivity contribution in [1.82, 2.24) is 5.32 Å². The molecule has 0 saturated carbocycles. The quantitative estimate of drug-likeness (QED) is 0.834. The molecule has 0 aromatic heterocycles. The molecule has 1 aliphatic heterocycles. The summed E-state index contributed by atoms with van der Waals surface area (Å²) < 4.78 is 13.2. The molecule has 3 rings (SSSR count). The second-order valence-electron chi connectivity index (χ2n) is 4.37. The minimum Gasteiger partial charge on any atom is -0.305 e. The van der Waals surface area contributed by atoms with Crippen LogP contribution in [0.2, 0.25) is 0 Å². The Morgan fingerprint density at radius 3 is 2.60 bits per heavy atom. The number of amidine groups is 1. The van der Waals surface area contributed by atoms with E-state index >= 15 is 0 Å². The summed E-state index contributed by atoms with van der Waals surface area (Å²) in [5.41, 5.74) is 1.76. The first kappa shape index (κ1) is 12.3. The molecular formula is C16H11FN2O. The van der Waals surface area contributed by atoms with Crippen LogP contribution >= 0.6 is 0 Å². The predicted molar refractivity (Wildman–Crippen MR) is 75.5 cm³/mol. The summed E-state index contributed by atoms with van der Waals surface area (Å²) in [7, 11) is 0. The van der Waals surface area contributed by atoms with Crippen LogP contribution in [-0.4, -0.2) is 11.7 Å². The number of hydrogen-bond donors (Lipinski definition) is 1. The number of rotatable bonds is 2. The minimum absolute atomic E-state index is 0.284. The molecule has 98 valence electrons. The van der Waals surface area contributed by atoms with Gasteiger partial charge in [-0.3, -0.25) is 4.79 Å². The molecule has 2 aromatic rings. The number of carbonyl (C=O) groups is 1. The monoisotopic (exact) mass is 266 g/mol. The average molecular weight is 266 g/mol. The van der Waals surface area contributed by atoms with Gasteiger partial charge in [0.25, 0.3) is 5.91 Å². The highest BCUT2D eigenvalue weighted by molar-refractivity contribution is 6.19. The maximum absolute atomic E-state index is 13.2. The molecule has 1 heterocycles.